The molecular formula is C16H16ClNO5S. The number of hydrogen-bond donors (Lipinski definition) is 1. The molecule has 0 saturated heterocycles. The van der Waals surface area contributed by atoms with Crippen LogP contribution in [0.2, 0.25) is 5.02 Å². The van der Waals surface area contributed by atoms with Crippen molar-refractivity contribution < 1.29 is 22.7 Å². The molecule has 0 saturated carbocycles. The van der Waals surface area contributed by atoms with Gasteiger partial charge < -0.3 is 9.47 Å². The number of nitrogens with one attached hydrogen (secondary N) is 1. The second kappa shape index (κ2) is 7.65. The lowest BCUT2D eigenvalue weighted by Crippen LogP contribution is -2.14. The lowest BCUT2D eigenvalue weighted by molar-refractivity contribution is 0.0600. The fraction of sp³-hybridized carbons (Fsp3) is 0.188. The van der Waals surface area contributed by atoms with E-state index in [1.54, 1.807) is 25.3 Å². The summed E-state index contributed by atoms with van der Waals surface area (Å²) < 4.78 is 37.1. The van der Waals surface area contributed by atoms with Crippen molar-refractivity contribution in [3.8, 4) is 0 Å². The van der Waals surface area contributed by atoms with Crippen LogP contribution < -0.4 is 4.72 Å². The van der Waals surface area contributed by atoms with E-state index in [0.717, 1.165) is 5.56 Å². The van der Waals surface area contributed by atoms with Crippen LogP contribution in [0.15, 0.2) is 47.4 Å². The summed E-state index contributed by atoms with van der Waals surface area (Å²) in [5, 5.41) is 0.114. The fourth-order valence-electron chi connectivity index (χ4n) is 2.04. The van der Waals surface area contributed by atoms with Crippen LogP contribution in [0.25, 0.3) is 0 Å². The third-order valence-corrected chi connectivity index (χ3v) is 4.85. The van der Waals surface area contributed by atoms with Crippen LogP contribution in [0.1, 0.15) is 15.9 Å². The molecule has 0 aliphatic carbocycles. The van der Waals surface area contributed by atoms with E-state index < -0.39 is 16.0 Å². The highest BCUT2D eigenvalue weighted by Gasteiger charge is 2.19. The van der Waals surface area contributed by atoms with Crippen molar-refractivity contribution >= 4 is 33.3 Å². The molecule has 0 unspecified atom stereocenters. The van der Waals surface area contributed by atoms with Crippen molar-refractivity contribution in [2.24, 2.45) is 0 Å². The molecule has 0 bridgehead atoms. The molecule has 24 heavy (non-hydrogen) atoms. The summed E-state index contributed by atoms with van der Waals surface area (Å²) in [5.74, 6) is -0.709. The molecule has 2 aromatic carbocycles. The standard InChI is InChI=1S/C16H16ClNO5S/c1-22-10-11-4-3-5-12(8-11)18-24(20,21)13-6-7-15(17)14(9-13)16(19)23-2/h3-9,18H,10H2,1-2H3. The van der Waals surface area contributed by atoms with Crippen LogP contribution >= 0.6 is 11.6 Å². The highest BCUT2D eigenvalue weighted by molar-refractivity contribution is 7.92. The quantitative estimate of drug-likeness (QED) is 0.791. The Morgan fingerprint density at radius 2 is 1.92 bits per heavy atom. The van der Waals surface area contributed by atoms with E-state index in [4.69, 9.17) is 16.3 Å². The largest absolute Gasteiger partial charge is 0.465 e. The molecule has 0 spiro atoms. The Morgan fingerprint density at radius 1 is 1.17 bits per heavy atom. The van der Waals surface area contributed by atoms with E-state index in [9.17, 15) is 13.2 Å². The summed E-state index contributed by atoms with van der Waals surface area (Å²) in [6.07, 6.45) is 0. The van der Waals surface area contributed by atoms with E-state index >= 15 is 0 Å². The molecule has 6 nitrogen and oxygen atoms in total. The number of sulfonamides is 1. The molecule has 0 aliphatic rings. The molecule has 0 radical (unpaired) electrons. The SMILES string of the molecule is COCc1cccc(NS(=O)(=O)c2ccc(Cl)c(C(=O)OC)c2)c1. The number of anilines is 1. The van der Waals surface area contributed by atoms with E-state index in [1.807, 2.05) is 6.07 Å². The number of carbonyl (C=O) groups is 1. The first kappa shape index (κ1) is 18.3. The van der Waals surface area contributed by atoms with Gasteiger partial charge in [-0.3, -0.25) is 4.72 Å². The summed E-state index contributed by atoms with van der Waals surface area (Å²) in [6.45, 7) is 0.364. The molecule has 0 aromatic heterocycles. The number of benzene rings is 2. The first-order chi connectivity index (χ1) is 11.4. The second-order valence-corrected chi connectivity index (χ2v) is 6.96. The Labute approximate surface area is 145 Å². The van der Waals surface area contributed by atoms with Crippen LogP contribution in [0, 0.1) is 0 Å². The van der Waals surface area contributed by atoms with Gasteiger partial charge in [-0.25, -0.2) is 13.2 Å². The number of hydrogen-bond acceptors (Lipinski definition) is 5. The van der Waals surface area contributed by atoms with Crippen molar-refractivity contribution in [2.45, 2.75) is 11.5 Å². The smallest absolute Gasteiger partial charge is 0.339 e. The van der Waals surface area contributed by atoms with E-state index in [1.165, 1.54) is 25.3 Å². The molecule has 2 aromatic rings. The first-order valence-electron chi connectivity index (χ1n) is 6.86. The Hall–Kier alpha value is -2.09. The zero-order valence-corrected chi connectivity index (χ0v) is 14.6. The van der Waals surface area contributed by atoms with Gasteiger partial charge in [-0.1, -0.05) is 23.7 Å². The minimum Gasteiger partial charge on any atom is -0.465 e. The van der Waals surface area contributed by atoms with Crippen LogP contribution in [0.3, 0.4) is 0 Å². The summed E-state index contributed by atoms with van der Waals surface area (Å²) in [4.78, 5) is 11.6. The molecule has 0 atom stereocenters. The second-order valence-electron chi connectivity index (χ2n) is 4.87. The van der Waals surface area contributed by atoms with Crippen molar-refractivity contribution in [2.75, 3.05) is 18.9 Å². The first-order valence-corrected chi connectivity index (χ1v) is 8.72. The molecule has 0 heterocycles. The molecule has 1 N–H and O–H groups in total. The van der Waals surface area contributed by atoms with E-state index in [0.29, 0.717) is 12.3 Å². The third kappa shape index (κ3) is 4.25. The van der Waals surface area contributed by atoms with Gasteiger partial charge in [0.15, 0.2) is 0 Å². The monoisotopic (exact) mass is 369 g/mol. The number of methoxy groups -OCH3 is 2. The molecule has 128 valence electrons. The lowest BCUT2D eigenvalue weighted by atomic mass is 10.2. The van der Waals surface area contributed by atoms with Crippen molar-refractivity contribution in [1.29, 1.82) is 0 Å². The summed E-state index contributed by atoms with van der Waals surface area (Å²) >= 11 is 5.91. The number of esters is 1. The maximum Gasteiger partial charge on any atom is 0.339 e. The van der Waals surface area contributed by atoms with Gasteiger partial charge in [0.05, 0.1) is 29.2 Å². The molecule has 0 amide bonds. The summed E-state index contributed by atoms with van der Waals surface area (Å²) in [5.41, 5.74) is 1.19. The zero-order valence-electron chi connectivity index (χ0n) is 13.1. The minimum atomic E-state index is -3.88. The fourth-order valence-corrected chi connectivity index (χ4v) is 3.31. The van der Waals surface area contributed by atoms with Crippen LogP contribution in [0.5, 0.6) is 0 Å². The van der Waals surface area contributed by atoms with Gasteiger partial charge in [-0.05, 0) is 35.9 Å². The number of ether oxygens (including phenoxy) is 2. The van der Waals surface area contributed by atoms with E-state index in [-0.39, 0.29) is 15.5 Å². The molecule has 8 heteroatoms. The molecule has 0 fully saturated rings. The van der Waals surface area contributed by atoms with Crippen LogP contribution in [0.4, 0.5) is 5.69 Å². The summed E-state index contributed by atoms with van der Waals surface area (Å²) in [7, 11) is -1.13. The molecule has 0 aliphatic heterocycles. The van der Waals surface area contributed by atoms with Gasteiger partial charge in [0.2, 0.25) is 0 Å². The Kier molecular flexibility index (Phi) is 5.82. The van der Waals surface area contributed by atoms with Gasteiger partial charge in [-0.15, -0.1) is 0 Å². The predicted molar refractivity (Wildman–Crippen MR) is 90.8 cm³/mol. The minimum absolute atomic E-state index is 0.0184. The average Bonchev–Trinajstić information content (AvgIpc) is 2.54. The van der Waals surface area contributed by atoms with Crippen molar-refractivity contribution in [3.05, 3.63) is 58.6 Å². The maximum absolute atomic E-state index is 12.5. The van der Waals surface area contributed by atoms with Crippen molar-refractivity contribution in [1.82, 2.24) is 0 Å². The molecule has 2 rings (SSSR count). The van der Waals surface area contributed by atoms with Crippen LogP contribution in [-0.4, -0.2) is 28.6 Å². The highest BCUT2D eigenvalue weighted by Crippen LogP contribution is 2.23. The third-order valence-electron chi connectivity index (χ3n) is 3.14. The van der Waals surface area contributed by atoms with Gasteiger partial charge in [0.1, 0.15) is 0 Å². The van der Waals surface area contributed by atoms with Gasteiger partial charge >= 0.3 is 5.97 Å². The Balaban J connectivity index is 2.34. The van der Waals surface area contributed by atoms with E-state index in [2.05, 4.69) is 9.46 Å². The van der Waals surface area contributed by atoms with Crippen molar-refractivity contribution in [3.63, 3.8) is 0 Å². The lowest BCUT2D eigenvalue weighted by Gasteiger charge is -2.11. The Morgan fingerprint density at radius 3 is 2.58 bits per heavy atom. The number of halogens is 1. The highest BCUT2D eigenvalue weighted by atomic mass is 35.5. The van der Waals surface area contributed by atoms with Gasteiger partial charge in [-0.2, -0.15) is 0 Å². The predicted octanol–water partition coefficient (Wildman–Crippen LogP) is 3.07. The summed E-state index contributed by atoms with van der Waals surface area (Å²) in [6, 6.07) is 10.6. The zero-order chi connectivity index (χ0) is 17.7. The molecular weight excluding hydrogens is 354 g/mol. The van der Waals surface area contributed by atoms with Crippen LogP contribution in [-0.2, 0) is 26.1 Å². The van der Waals surface area contributed by atoms with Gasteiger partial charge in [0.25, 0.3) is 10.0 Å². The number of carbonyl (C=O) groups excluding carboxylic acids is 1. The number of rotatable bonds is 6. The maximum atomic E-state index is 12.5. The average molecular weight is 370 g/mol. The topological polar surface area (TPSA) is 81.7 Å². The normalized spacial score (nSPS) is 11.1. The Bertz CT molecular complexity index is 851. The van der Waals surface area contributed by atoms with Gasteiger partial charge in [0, 0.05) is 12.8 Å².